The fourth-order valence-electron chi connectivity index (χ4n) is 3.50. The van der Waals surface area contributed by atoms with E-state index in [1.165, 1.54) is 28.4 Å². The van der Waals surface area contributed by atoms with Gasteiger partial charge in [0, 0.05) is 27.4 Å². The van der Waals surface area contributed by atoms with Crippen LogP contribution < -0.4 is 18.9 Å². The third-order valence-corrected chi connectivity index (χ3v) is 4.83. The Labute approximate surface area is 173 Å². The Bertz CT molecular complexity index is 902. The lowest BCUT2D eigenvalue weighted by Gasteiger charge is -2.22. The highest BCUT2D eigenvalue weighted by atomic mass is 16.6. The highest BCUT2D eigenvalue weighted by molar-refractivity contribution is 5.50. The SMILES string of the molecule is COc1cccc(CC(C(C[N+](=O)[O-])c2cccc(OC)c2OC)[N+](=O)[O-])c1OC. The molecule has 162 valence electrons. The van der Waals surface area contributed by atoms with Gasteiger partial charge in [-0.05, 0) is 12.1 Å². The average molecular weight is 420 g/mol. The predicted octanol–water partition coefficient (Wildman–Crippen LogP) is 2.97. The molecule has 0 aromatic heterocycles. The van der Waals surface area contributed by atoms with Gasteiger partial charge in [-0.25, -0.2) is 0 Å². The van der Waals surface area contributed by atoms with Crippen LogP contribution in [0.5, 0.6) is 23.0 Å². The van der Waals surface area contributed by atoms with E-state index in [0.717, 1.165) is 0 Å². The van der Waals surface area contributed by atoms with Crippen molar-refractivity contribution in [2.24, 2.45) is 0 Å². The van der Waals surface area contributed by atoms with E-state index < -0.39 is 28.4 Å². The highest BCUT2D eigenvalue weighted by Crippen LogP contribution is 2.39. The molecule has 0 heterocycles. The number of para-hydroxylation sites is 2. The van der Waals surface area contributed by atoms with Gasteiger partial charge in [-0.1, -0.05) is 24.3 Å². The molecule has 0 spiro atoms. The summed E-state index contributed by atoms with van der Waals surface area (Å²) in [6, 6.07) is 8.52. The Hall–Kier alpha value is -3.56. The largest absolute Gasteiger partial charge is 0.493 e. The standard InChI is InChI=1S/C20H24N2O8/c1-27-17-9-5-7-13(19(17)29-3)11-16(22(25)26)15(12-21(23)24)14-8-6-10-18(28-2)20(14)30-4/h5-10,15-16H,11-12H2,1-4H3. The summed E-state index contributed by atoms with van der Waals surface area (Å²) in [6.45, 7) is -0.651. The van der Waals surface area contributed by atoms with Crippen LogP contribution in [-0.4, -0.2) is 50.9 Å². The van der Waals surface area contributed by atoms with Crippen LogP contribution in [0.15, 0.2) is 36.4 Å². The molecule has 2 aromatic rings. The summed E-state index contributed by atoms with van der Waals surface area (Å²) in [4.78, 5) is 22.4. The second kappa shape index (κ2) is 10.3. The van der Waals surface area contributed by atoms with Gasteiger partial charge in [0.2, 0.25) is 12.6 Å². The molecule has 0 aliphatic heterocycles. The Kier molecular flexibility index (Phi) is 7.79. The Morgan fingerprint density at radius 2 is 1.40 bits per heavy atom. The van der Waals surface area contributed by atoms with E-state index in [1.54, 1.807) is 36.4 Å². The number of rotatable bonds is 11. The van der Waals surface area contributed by atoms with Crippen molar-refractivity contribution in [2.45, 2.75) is 18.4 Å². The molecular formula is C20H24N2O8. The summed E-state index contributed by atoms with van der Waals surface area (Å²) in [7, 11) is 5.71. The number of ether oxygens (including phenoxy) is 4. The number of benzene rings is 2. The first-order valence-corrected chi connectivity index (χ1v) is 9.03. The van der Waals surface area contributed by atoms with E-state index in [0.29, 0.717) is 28.4 Å². The molecule has 0 aliphatic rings. The minimum Gasteiger partial charge on any atom is -0.493 e. The lowest BCUT2D eigenvalue weighted by Crippen LogP contribution is -2.34. The van der Waals surface area contributed by atoms with Gasteiger partial charge in [-0.15, -0.1) is 0 Å². The molecular weight excluding hydrogens is 396 g/mol. The maximum absolute atomic E-state index is 12.0. The number of nitro groups is 2. The van der Waals surface area contributed by atoms with Crippen LogP contribution in [0.1, 0.15) is 17.0 Å². The first-order chi connectivity index (χ1) is 14.4. The van der Waals surface area contributed by atoms with Crippen LogP contribution in [0.4, 0.5) is 0 Å². The van der Waals surface area contributed by atoms with Crippen LogP contribution in [0.25, 0.3) is 0 Å². The number of hydrogen-bond acceptors (Lipinski definition) is 8. The van der Waals surface area contributed by atoms with Crippen LogP contribution in [-0.2, 0) is 6.42 Å². The van der Waals surface area contributed by atoms with Crippen LogP contribution >= 0.6 is 0 Å². The monoisotopic (exact) mass is 420 g/mol. The van der Waals surface area contributed by atoms with Gasteiger partial charge in [0.1, 0.15) is 5.92 Å². The van der Waals surface area contributed by atoms with Gasteiger partial charge in [0.25, 0.3) is 0 Å². The molecule has 0 fully saturated rings. The van der Waals surface area contributed by atoms with E-state index in [9.17, 15) is 20.2 Å². The second-order valence-electron chi connectivity index (χ2n) is 6.41. The normalized spacial score (nSPS) is 12.5. The summed E-state index contributed by atoms with van der Waals surface area (Å²) < 4.78 is 21.3. The van der Waals surface area contributed by atoms with Crippen molar-refractivity contribution in [1.82, 2.24) is 0 Å². The molecule has 2 unspecified atom stereocenters. The summed E-state index contributed by atoms with van der Waals surface area (Å²) in [5.41, 5.74) is 0.839. The van der Waals surface area contributed by atoms with Crippen LogP contribution in [0.3, 0.4) is 0 Å². The van der Waals surface area contributed by atoms with Crippen molar-refractivity contribution in [3.63, 3.8) is 0 Å². The van der Waals surface area contributed by atoms with Gasteiger partial charge in [0.05, 0.1) is 28.4 Å². The maximum Gasteiger partial charge on any atom is 0.230 e. The molecule has 0 saturated carbocycles. The second-order valence-corrected chi connectivity index (χ2v) is 6.41. The molecule has 30 heavy (non-hydrogen) atoms. The van der Waals surface area contributed by atoms with Gasteiger partial charge in [0.15, 0.2) is 23.0 Å². The van der Waals surface area contributed by atoms with Crippen molar-refractivity contribution in [2.75, 3.05) is 35.0 Å². The predicted molar refractivity (Wildman–Crippen MR) is 108 cm³/mol. The minimum atomic E-state index is -1.32. The highest BCUT2D eigenvalue weighted by Gasteiger charge is 2.40. The topological polar surface area (TPSA) is 123 Å². The zero-order chi connectivity index (χ0) is 22.3. The third-order valence-electron chi connectivity index (χ3n) is 4.83. The number of methoxy groups -OCH3 is 4. The Morgan fingerprint density at radius 1 is 0.833 bits per heavy atom. The van der Waals surface area contributed by atoms with E-state index in [4.69, 9.17) is 18.9 Å². The van der Waals surface area contributed by atoms with E-state index in [-0.39, 0.29) is 12.2 Å². The first-order valence-electron chi connectivity index (χ1n) is 9.03. The minimum absolute atomic E-state index is 0.105. The fraction of sp³-hybridized carbons (Fsp3) is 0.400. The van der Waals surface area contributed by atoms with Gasteiger partial charge >= 0.3 is 0 Å². The van der Waals surface area contributed by atoms with Crippen molar-refractivity contribution in [3.8, 4) is 23.0 Å². The molecule has 2 atom stereocenters. The number of nitrogens with zero attached hydrogens (tertiary/aromatic N) is 2. The molecule has 0 N–H and O–H groups in total. The first kappa shape index (κ1) is 22.7. The van der Waals surface area contributed by atoms with Gasteiger partial charge in [-0.3, -0.25) is 20.2 Å². The average Bonchev–Trinajstić information content (AvgIpc) is 2.74. The zero-order valence-corrected chi connectivity index (χ0v) is 17.2. The van der Waals surface area contributed by atoms with Crippen molar-refractivity contribution in [1.29, 1.82) is 0 Å². The van der Waals surface area contributed by atoms with Crippen LogP contribution in [0, 0.1) is 20.2 Å². The summed E-state index contributed by atoms with van der Waals surface area (Å²) >= 11 is 0. The summed E-state index contributed by atoms with van der Waals surface area (Å²) in [5, 5.41) is 23.5. The molecule has 0 aliphatic carbocycles. The summed E-state index contributed by atoms with van der Waals surface area (Å²) in [5.74, 6) is 0.267. The van der Waals surface area contributed by atoms with E-state index in [2.05, 4.69) is 0 Å². The lowest BCUT2D eigenvalue weighted by atomic mass is 9.86. The molecule has 0 bridgehead atoms. The lowest BCUT2D eigenvalue weighted by molar-refractivity contribution is -0.546. The Morgan fingerprint density at radius 3 is 1.90 bits per heavy atom. The fourth-order valence-corrected chi connectivity index (χ4v) is 3.50. The molecule has 2 aromatic carbocycles. The summed E-state index contributed by atoms with van der Waals surface area (Å²) in [6.07, 6.45) is -0.105. The van der Waals surface area contributed by atoms with Crippen molar-refractivity contribution >= 4 is 0 Å². The number of hydrogen-bond donors (Lipinski definition) is 0. The van der Waals surface area contributed by atoms with Gasteiger partial charge in [-0.2, -0.15) is 0 Å². The van der Waals surface area contributed by atoms with Crippen molar-refractivity contribution in [3.05, 3.63) is 67.8 Å². The molecule has 0 amide bonds. The molecule has 10 heteroatoms. The molecule has 0 radical (unpaired) electrons. The Balaban J connectivity index is 2.59. The molecule has 2 rings (SSSR count). The van der Waals surface area contributed by atoms with Gasteiger partial charge < -0.3 is 18.9 Å². The van der Waals surface area contributed by atoms with Crippen molar-refractivity contribution < 1.29 is 28.8 Å². The van der Waals surface area contributed by atoms with E-state index in [1.807, 2.05) is 0 Å². The van der Waals surface area contributed by atoms with E-state index >= 15 is 0 Å². The smallest absolute Gasteiger partial charge is 0.230 e. The maximum atomic E-state index is 12.0. The zero-order valence-electron chi connectivity index (χ0n) is 17.2. The third kappa shape index (κ3) is 4.88. The molecule has 0 saturated heterocycles. The quantitative estimate of drug-likeness (QED) is 0.401. The van der Waals surface area contributed by atoms with Crippen LogP contribution in [0.2, 0.25) is 0 Å². The molecule has 10 nitrogen and oxygen atoms in total.